The molecule has 0 bridgehead atoms. The van der Waals surface area contributed by atoms with Gasteiger partial charge in [0.15, 0.2) is 0 Å². The number of amides is 4. The third-order valence-corrected chi connectivity index (χ3v) is 10.7. The Morgan fingerprint density at radius 2 is 1.61 bits per heavy atom. The van der Waals surface area contributed by atoms with Gasteiger partial charge in [-0.3, -0.25) is 29.4 Å². The van der Waals surface area contributed by atoms with E-state index in [1.54, 1.807) is 16.7 Å². The molecule has 3 aromatic heterocycles. The lowest BCUT2D eigenvalue weighted by molar-refractivity contribution is -0.135. The molecule has 2 N–H and O–H groups in total. The lowest BCUT2D eigenvalue weighted by Gasteiger charge is -2.35. The molecule has 3 aliphatic rings. The maximum atomic E-state index is 13.4. The maximum Gasteiger partial charge on any atom is 0.280 e. The molecule has 1 aromatic carbocycles. The average molecular weight is 742 g/mol. The van der Waals surface area contributed by atoms with Crippen molar-refractivity contribution < 1.29 is 32.7 Å². The largest absolute Gasteiger partial charge is 0.490 e. The van der Waals surface area contributed by atoms with Crippen LogP contribution in [0.2, 0.25) is 0 Å². The molecule has 3 aliphatic heterocycles. The summed E-state index contributed by atoms with van der Waals surface area (Å²) in [5.41, 5.74) is 3.45. The number of benzene rings is 1. The Bertz CT molecular complexity index is 2020. The molecule has 54 heavy (non-hydrogen) atoms. The number of halogens is 2. The molecule has 6 heterocycles. The second-order valence-corrected chi connectivity index (χ2v) is 14.7. The van der Waals surface area contributed by atoms with Gasteiger partial charge in [0, 0.05) is 43.9 Å². The van der Waals surface area contributed by atoms with Gasteiger partial charge < -0.3 is 19.4 Å². The van der Waals surface area contributed by atoms with Crippen LogP contribution in [0.25, 0.3) is 5.65 Å². The molecule has 3 fully saturated rings. The van der Waals surface area contributed by atoms with Crippen LogP contribution in [0.1, 0.15) is 109 Å². The number of pyridine rings is 2. The van der Waals surface area contributed by atoms with E-state index in [0.29, 0.717) is 49.8 Å². The number of likely N-dealkylation sites (tertiary alicyclic amines) is 2. The van der Waals surface area contributed by atoms with Crippen molar-refractivity contribution in [3.8, 4) is 5.75 Å². The third kappa shape index (κ3) is 8.43. The first-order valence-electron chi connectivity index (χ1n) is 18.7. The van der Waals surface area contributed by atoms with Crippen molar-refractivity contribution in [1.29, 1.82) is 0 Å². The smallest absolute Gasteiger partial charge is 0.280 e. The molecular formula is C40H45F2N7O5. The minimum Gasteiger partial charge on any atom is -0.490 e. The number of hydrogen-bond acceptors (Lipinski definition) is 8. The number of rotatable bonds is 10. The number of piperidine rings is 3. The molecule has 0 spiro atoms. The van der Waals surface area contributed by atoms with E-state index >= 15 is 0 Å². The number of imide groups is 1. The van der Waals surface area contributed by atoms with E-state index in [1.807, 2.05) is 37.1 Å². The molecule has 14 heteroatoms. The van der Waals surface area contributed by atoms with Gasteiger partial charge in [0.2, 0.25) is 17.7 Å². The van der Waals surface area contributed by atoms with Crippen molar-refractivity contribution in [3.63, 3.8) is 0 Å². The SMILES string of the molecule is CC(C)Oc1cc2nc(C3CCN(C(=O)CN4CCC(c5ccc(C6CCC(=O)NC6=O)cc5)CC4)CC3)cn2cc1C(=O)Nc1cccc(C(F)F)n1. The molecule has 0 radical (unpaired) electrons. The van der Waals surface area contributed by atoms with E-state index in [9.17, 15) is 28.0 Å². The Morgan fingerprint density at radius 3 is 2.30 bits per heavy atom. The van der Waals surface area contributed by atoms with E-state index in [1.165, 1.54) is 23.8 Å². The zero-order valence-corrected chi connectivity index (χ0v) is 30.5. The van der Waals surface area contributed by atoms with Crippen LogP contribution < -0.4 is 15.4 Å². The Labute approximate surface area is 312 Å². The van der Waals surface area contributed by atoms with Crippen LogP contribution in [0.3, 0.4) is 0 Å². The van der Waals surface area contributed by atoms with Crippen molar-refractivity contribution >= 4 is 35.1 Å². The highest BCUT2D eigenvalue weighted by atomic mass is 19.3. The number of anilines is 1. The highest BCUT2D eigenvalue weighted by Crippen LogP contribution is 2.33. The number of nitrogens with one attached hydrogen (secondary N) is 2. The molecule has 0 saturated carbocycles. The summed E-state index contributed by atoms with van der Waals surface area (Å²) in [6.07, 6.45) is 4.89. The van der Waals surface area contributed by atoms with Crippen LogP contribution in [0.5, 0.6) is 5.75 Å². The molecule has 4 amide bonds. The minimum absolute atomic E-state index is 0.0150. The Hall–Kier alpha value is -5.24. The minimum atomic E-state index is -2.76. The fourth-order valence-electron chi connectivity index (χ4n) is 7.73. The molecule has 3 saturated heterocycles. The predicted molar refractivity (Wildman–Crippen MR) is 197 cm³/mol. The summed E-state index contributed by atoms with van der Waals surface area (Å²) in [6, 6.07) is 14.0. The zero-order chi connectivity index (χ0) is 37.9. The van der Waals surface area contributed by atoms with Crippen LogP contribution in [0.15, 0.2) is 60.9 Å². The summed E-state index contributed by atoms with van der Waals surface area (Å²) in [4.78, 5) is 63.4. The normalized spacial score (nSPS) is 19.1. The summed E-state index contributed by atoms with van der Waals surface area (Å²) in [5.74, 6) is -0.249. The molecule has 1 unspecified atom stereocenters. The van der Waals surface area contributed by atoms with Gasteiger partial charge in [-0.2, -0.15) is 0 Å². The summed E-state index contributed by atoms with van der Waals surface area (Å²) < 4.78 is 34.1. The fraction of sp³-hybridized carbons (Fsp3) is 0.450. The Morgan fingerprint density at radius 1 is 0.907 bits per heavy atom. The van der Waals surface area contributed by atoms with Crippen molar-refractivity contribution in [3.05, 3.63) is 89.0 Å². The first kappa shape index (κ1) is 37.1. The van der Waals surface area contributed by atoms with Crippen LogP contribution in [-0.2, 0) is 14.4 Å². The molecule has 0 aliphatic carbocycles. The van der Waals surface area contributed by atoms with Crippen molar-refractivity contribution in [2.45, 2.75) is 82.7 Å². The van der Waals surface area contributed by atoms with Crippen LogP contribution in [-0.4, -0.2) is 86.6 Å². The molecule has 284 valence electrons. The predicted octanol–water partition coefficient (Wildman–Crippen LogP) is 5.81. The van der Waals surface area contributed by atoms with Crippen molar-refractivity contribution in [2.24, 2.45) is 0 Å². The quantitative estimate of drug-likeness (QED) is 0.194. The number of nitrogens with zero attached hydrogens (tertiary/aromatic N) is 5. The molecule has 4 aromatic rings. The van der Waals surface area contributed by atoms with Gasteiger partial charge in [-0.1, -0.05) is 30.3 Å². The lowest BCUT2D eigenvalue weighted by atomic mass is 9.86. The second-order valence-electron chi connectivity index (χ2n) is 14.7. The average Bonchev–Trinajstić information content (AvgIpc) is 3.58. The van der Waals surface area contributed by atoms with Gasteiger partial charge in [0.25, 0.3) is 12.3 Å². The molecular weight excluding hydrogens is 696 g/mol. The van der Waals surface area contributed by atoms with Crippen molar-refractivity contribution in [2.75, 3.05) is 38.0 Å². The highest BCUT2D eigenvalue weighted by Gasteiger charge is 2.30. The highest BCUT2D eigenvalue weighted by molar-refractivity contribution is 6.06. The van der Waals surface area contributed by atoms with E-state index in [0.717, 1.165) is 50.0 Å². The maximum absolute atomic E-state index is 13.4. The molecule has 12 nitrogen and oxygen atoms in total. The third-order valence-electron chi connectivity index (χ3n) is 10.7. The number of imidazole rings is 1. The lowest BCUT2D eigenvalue weighted by Crippen LogP contribution is -2.45. The molecule has 7 rings (SSSR count). The van der Waals surface area contributed by atoms with Gasteiger partial charge in [-0.25, -0.2) is 18.7 Å². The first-order valence-corrected chi connectivity index (χ1v) is 18.7. The van der Waals surface area contributed by atoms with E-state index in [2.05, 4.69) is 32.7 Å². The topological polar surface area (TPSA) is 138 Å². The number of alkyl halides is 2. The van der Waals surface area contributed by atoms with Gasteiger partial charge in [0.05, 0.1) is 29.8 Å². The fourth-order valence-corrected chi connectivity index (χ4v) is 7.73. The van der Waals surface area contributed by atoms with E-state index in [-0.39, 0.29) is 47.0 Å². The number of hydrogen-bond donors (Lipinski definition) is 2. The van der Waals surface area contributed by atoms with Gasteiger partial charge in [-0.05, 0) is 88.2 Å². The van der Waals surface area contributed by atoms with Gasteiger partial charge in [0.1, 0.15) is 22.9 Å². The standard InChI is InChI=1S/C40H45F2N7O5/c1-24(2)54-33-20-35-44-32(22-49(35)21-30(33)40(53)45-34-5-3-4-31(43-34)38(41)42)28-14-18-48(19-15-28)37(51)23-47-16-12-26(13-17-47)25-6-8-27(9-7-25)29-10-11-36(50)46-39(29)52/h3-9,20-22,24,26,28-29,38H,10-19,23H2,1-2H3,(H,43,45,53)(H,46,50,52). The number of carbonyl (C=O) groups is 4. The number of ether oxygens (including phenoxy) is 1. The van der Waals surface area contributed by atoms with E-state index < -0.39 is 18.0 Å². The number of fused-ring (bicyclic) bond motifs is 1. The van der Waals surface area contributed by atoms with Gasteiger partial charge in [-0.15, -0.1) is 0 Å². The Kier molecular flexibility index (Phi) is 11.0. The van der Waals surface area contributed by atoms with Crippen LogP contribution in [0, 0.1) is 0 Å². The summed E-state index contributed by atoms with van der Waals surface area (Å²) in [5, 5.41) is 5.05. The summed E-state index contributed by atoms with van der Waals surface area (Å²) in [6.45, 7) is 7.03. The molecule has 1 atom stereocenters. The number of aromatic nitrogens is 3. The van der Waals surface area contributed by atoms with E-state index in [4.69, 9.17) is 9.72 Å². The zero-order valence-electron chi connectivity index (χ0n) is 30.5. The van der Waals surface area contributed by atoms with Crippen LogP contribution >= 0.6 is 0 Å². The monoisotopic (exact) mass is 741 g/mol. The van der Waals surface area contributed by atoms with Gasteiger partial charge >= 0.3 is 0 Å². The van der Waals surface area contributed by atoms with Crippen LogP contribution in [0.4, 0.5) is 14.6 Å². The first-order chi connectivity index (χ1) is 26.0. The number of carbonyl (C=O) groups excluding carboxylic acids is 4. The van der Waals surface area contributed by atoms with Crippen molar-refractivity contribution in [1.82, 2.24) is 29.5 Å². The second kappa shape index (κ2) is 16.0. The summed E-state index contributed by atoms with van der Waals surface area (Å²) >= 11 is 0. The summed E-state index contributed by atoms with van der Waals surface area (Å²) in [7, 11) is 0. The Balaban J connectivity index is 0.919.